The first-order valence-corrected chi connectivity index (χ1v) is 7.16. The van der Waals surface area contributed by atoms with Gasteiger partial charge in [0, 0.05) is 30.2 Å². The molecule has 2 aromatic rings. The minimum Gasteiger partial charge on any atom is -0.308 e. The molecule has 2 heterocycles. The van der Waals surface area contributed by atoms with E-state index in [0.717, 1.165) is 18.1 Å². The molecule has 0 atom stereocenters. The topological polar surface area (TPSA) is 29.9 Å². The SMILES string of the molecule is Cc1cccc(-n2cccc2CNC2CCCC2)n1. The van der Waals surface area contributed by atoms with Crippen molar-refractivity contribution in [3.8, 4) is 5.82 Å². The first kappa shape index (κ1) is 12.4. The monoisotopic (exact) mass is 255 g/mol. The van der Waals surface area contributed by atoms with E-state index in [1.54, 1.807) is 0 Å². The van der Waals surface area contributed by atoms with E-state index in [2.05, 4.69) is 45.3 Å². The van der Waals surface area contributed by atoms with Crippen molar-refractivity contribution in [2.75, 3.05) is 0 Å². The molecule has 1 N–H and O–H groups in total. The maximum Gasteiger partial charge on any atom is 0.137 e. The van der Waals surface area contributed by atoms with Crippen molar-refractivity contribution in [2.45, 2.75) is 45.2 Å². The fourth-order valence-electron chi connectivity index (χ4n) is 2.83. The largest absolute Gasteiger partial charge is 0.308 e. The second-order valence-corrected chi connectivity index (χ2v) is 5.37. The van der Waals surface area contributed by atoms with E-state index < -0.39 is 0 Å². The number of pyridine rings is 1. The van der Waals surface area contributed by atoms with Gasteiger partial charge in [-0.2, -0.15) is 0 Å². The molecule has 3 heteroatoms. The minimum absolute atomic E-state index is 0.703. The third-order valence-corrected chi connectivity index (χ3v) is 3.88. The molecule has 1 aliphatic rings. The van der Waals surface area contributed by atoms with Crippen LogP contribution in [-0.4, -0.2) is 15.6 Å². The molecule has 3 rings (SSSR count). The van der Waals surface area contributed by atoms with Crippen molar-refractivity contribution in [1.29, 1.82) is 0 Å². The summed E-state index contributed by atoms with van der Waals surface area (Å²) in [5.74, 6) is 1.01. The fourth-order valence-corrected chi connectivity index (χ4v) is 2.83. The van der Waals surface area contributed by atoms with Crippen molar-refractivity contribution >= 4 is 0 Å². The molecule has 0 spiro atoms. The fraction of sp³-hybridized carbons (Fsp3) is 0.438. The van der Waals surface area contributed by atoms with E-state index in [-0.39, 0.29) is 0 Å². The standard InChI is InChI=1S/C16H21N3/c1-13-6-4-10-16(18-13)19-11-5-9-15(19)12-17-14-7-2-3-8-14/h4-6,9-11,14,17H,2-3,7-8,12H2,1H3. The Bertz CT molecular complexity index is 538. The molecular weight excluding hydrogens is 234 g/mol. The Hall–Kier alpha value is -1.61. The van der Waals surface area contributed by atoms with Crippen LogP contribution in [0.3, 0.4) is 0 Å². The highest BCUT2D eigenvalue weighted by molar-refractivity contribution is 5.29. The van der Waals surface area contributed by atoms with Gasteiger partial charge in [0.15, 0.2) is 0 Å². The van der Waals surface area contributed by atoms with Crippen LogP contribution < -0.4 is 5.32 Å². The second-order valence-electron chi connectivity index (χ2n) is 5.37. The molecule has 0 amide bonds. The highest BCUT2D eigenvalue weighted by atomic mass is 15.1. The van der Waals surface area contributed by atoms with Gasteiger partial charge in [-0.05, 0) is 44.0 Å². The van der Waals surface area contributed by atoms with Crippen LogP contribution >= 0.6 is 0 Å². The summed E-state index contributed by atoms with van der Waals surface area (Å²) in [6, 6.07) is 11.1. The first-order chi connectivity index (χ1) is 9.33. The average molecular weight is 255 g/mol. The molecule has 0 saturated heterocycles. The van der Waals surface area contributed by atoms with Gasteiger partial charge in [0.2, 0.25) is 0 Å². The van der Waals surface area contributed by atoms with E-state index in [4.69, 9.17) is 0 Å². The molecule has 1 saturated carbocycles. The lowest BCUT2D eigenvalue weighted by molar-refractivity contribution is 0.516. The predicted octanol–water partition coefficient (Wildman–Crippen LogP) is 3.21. The molecule has 3 nitrogen and oxygen atoms in total. The Balaban J connectivity index is 1.74. The van der Waals surface area contributed by atoms with Crippen LogP contribution in [0.4, 0.5) is 0 Å². The third kappa shape index (κ3) is 2.87. The maximum absolute atomic E-state index is 4.59. The van der Waals surface area contributed by atoms with Gasteiger partial charge in [-0.25, -0.2) is 4.98 Å². The molecule has 0 radical (unpaired) electrons. The summed E-state index contributed by atoms with van der Waals surface area (Å²) in [6.45, 7) is 2.96. The summed E-state index contributed by atoms with van der Waals surface area (Å²) in [6.07, 6.45) is 7.48. The summed E-state index contributed by atoms with van der Waals surface area (Å²) >= 11 is 0. The van der Waals surface area contributed by atoms with Crippen molar-refractivity contribution in [3.05, 3.63) is 47.9 Å². The molecule has 1 fully saturated rings. The van der Waals surface area contributed by atoms with Gasteiger partial charge in [-0.3, -0.25) is 0 Å². The van der Waals surface area contributed by atoms with Gasteiger partial charge in [-0.1, -0.05) is 18.9 Å². The minimum atomic E-state index is 0.703. The maximum atomic E-state index is 4.59. The first-order valence-electron chi connectivity index (χ1n) is 7.16. The summed E-state index contributed by atoms with van der Waals surface area (Å²) in [5.41, 5.74) is 2.34. The average Bonchev–Trinajstić information content (AvgIpc) is 3.08. The predicted molar refractivity (Wildman–Crippen MR) is 77.4 cm³/mol. The van der Waals surface area contributed by atoms with Gasteiger partial charge >= 0.3 is 0 Å². The van der Waals surface area contributed by atoms with Crippen LogP contribution in [0.15, 0.2) is 36.5 Å². The van der Waals surface area contributed by atoms with Crippen LogP contribution in [-0.2, 0) is 6.54 Å². The Morgan fingerprint density at radius 1 is 1.21 bits per heavy atom. The molecule has 2 aromatic heterocycles. The van der Waals surface area contributed by atoms with Crippen LogP contribution in [0, 0.1) is 6.92 Å². The van der Waals surface area contributed by atoms with E-state index in [9.17, 15) is 0 Å². The zero-order valence-electron chi connectivity index (χ0n) is 11.5. The van der Waals surface area contributed by atoms with Gasteiger partial charge in [0.1, 0.15) is 5.82 Å². The quantitative estimate of drug-likeness (QED) is 0.909. The summed E-state index contributed by atoms with van der Waals surface area (Å²) in [5, 5.41) is 3.66. The highest BCUT2D eigenvalue weighted by Crippen LogP contribution is 2.18. The lowest BCUT2D eigenvalue weighted by Crippen LogP contribution is -2.26. The highest BCUT2D eigenvalue weighted by Gasteiger charge is 2.14. The third-order valence-electron chi connectivity index (χ3n) is 3.88. The Labute approximate surface area is 114 Å². The van der Waals surface area contributed by atoms with Gasteiger partial charge < -0.3 is 9.88 Å². The molecule has 0 aliphatic heterocycles. The number of hydrogen-bond donors (Lipinski definition) is 1. The molecule has 100 valence electrons. The number of aromatic nitrogens is 2. The van der Waals surface area contributed by atoms with Crippen LogP contribution in [0.5, 0.6) is 0 Å². The van der Waals surface area contributed by atoms with Crippen LogP contribution in [0.2, 0.25) is 0 Å². The van der Waals surface area contributed by atoms with E-state index in [1.807, 2.05) is 13.0 Å². The number of rotatable bonds is 4. The Morgan fingerprint density at radius 2 is 2.05 bits per heavy atom. The Morgan fingerprint density at radius 3 is 2.84 bits per heavy atom. The lowest BCUT2D eigenvalue weighted by atomic mass is 10.2. The molecular formula is C16H21N3. The summed E-state index contributed by atoms with van der Waals surface area (Å²) < 4.78 is 2.18. The molecule has 0 bridgehead atoms. The zero-order valence-corrected chi connectivity index (χ0v) is 11.5. The molecule has 0 unspecified atom stereocenters. The molecule has 19 heavy (non-hydrogen) atoms. The van der Waals surface area contributed by atoms with Crippen molar-refractivity contribution in [1.82, 2.24) is 14.9 Å². The van der Waals surface area contributed by atoms with Gasteiger partial charge in [0.25, 0.3) is 0 Å². The summed E-state index contributed by atoms with van der Waals surface area (Å²) in [4.78, 5) is 4.59. The van der Waals surface area contributed by atoms with E-state index in [1.165, 1.54) is 31.4 Å². The molecule has 1 aliphatic carbocycles. The van der Waals surface area contributed by atoms with Crippen molar-refractivity contribution in [2.24, 2.45) is 0 Å². The van der Waals surface area contributed by atoms with Gasteiger partial charge in [0.05, 0.1) is 0 Å². The number of nitrogens with one attached hydrogen (secondary N) is 1. The van der Waals surface area contributed by atoms with E-state index in [0.29, 0.717) is 6.04 Å². The van der Waals surface area contributed by atoms with Crippen molar-refractivity contribution < 1.29 is 0 Å². The number of hydrogen-bond acceptors (Lipinski definition) is 2. The van der Waals surface area contributed by atoms with E-state index >= 15 is 0 Å². The van der Waals surface area contributed by atoms with Crippen LogP contribution in [0.1, 0.15) is 37.1 Å². The van der Waals surface area contributed by atoms with Crippen molar-refractivity contribution in [3.63, 3.8) is 0 Å². The Kier molecular flexibility index (Phi) is 3.65. The normalized spacial score (nSPS) is 16.1. The number of aryl methyl sites for hydroxylation is 1. The van der Waals surface area contributed by atoms with Crippen LogP contribution in [0.25, 0.3) is 5.82 Å². The smallest absolute Gasteiger partial charge is 0.137 e. The summed E-state index contributed by atoms with van der Waals surface area (Å²) in [7, 11) is 0. The lowest BCUT2D eigenvalue weighted by Gasteiger charge is -2.14. The van der Waals surface area contributed by atoms with Gasteiger partial charge in [-0.15, -0.1) is 0 Å². The molecule has 0 aromatic carbocycles. The second kappa shape index (κ2) is 5.57. The zero-order chi connectivity index (χ0) is 13.1. The number of nitrogens with zero attached hydrogens (tertiary/aromatic N) is 2.